The fourth-order valence-electron chi connectivity index (χ4n) is 3.20. The molecular weight excluding hydrogens is 362 g/mol. The number of para-hydroxylation sites is 1. The van der Waals surface area contributed by atoms with Crippen molar-refractivity contribution >= 4 is 23.5 Å². The van der Waals surface area contributed by atoms with Gasteiger partial charge in [0.25, 0.3) is 5.91 Å². The Hall–Kier alpha value is -3.91. The van der Waals surface area contributed by atoms with E-state index in [-0.39, 0.29) is 11.4 Å². The minimum Gasteiger partial charge on any atom is -0.321 e. The normalized spacial score (nSPS) is 11.0. The van der Waals surface area contributed by atoms with Gasteiger partial charge in [0, 0.05) is 28.3 Å². The van der Waals surface area contributed by atoms with Gasteiger partial charge in [-0.3, -0.25) is 9.59 Å². The zero-order chi connectivity index (χ0) is 21.0. The van der Waals surface area contributed by atoms with Gasteiger partial charge in [0.05, 0.1) is 0 Å². The summed E-state index contributed by atoms with van der Waals surface area (Å²) >= 11 is 0. The van der Waals surface area contributed by atoms with Crippen LogP contribution in [0, 0.1) is 25.2 Å². The molecule has 0 fully saturated rings. The van der Waals surface area contributed by atoms with Crippen molar-refractivity contribution in [2.24, 2.45) is 0 Å². The van der Waals surface area contributed by atoms with Crippen LogP contribution in [0.3, 0.4) is 0 Å². The number of Topliss-reactive ketones (excluding diaryl/α,β-unsaturated/α-hetero) is 1. The number of nitriles is 1. The summed E-state index contributed by atoms with van der Waals surface area (Å²) in [4.78, 5) is 24.0. The van der Waals surface area contributed by atoms with Crippen LogP contribution in [-0.2, 0) is 4.79 Å². The molecule has 3 aromatic rings. The van der Waals surface area contributed by atoms with Crippen molar-refractivity contribution < 1.29 is 9.59 Å². The molecule has 1 N–H and O–H groups in total. The predicted molar refractivity (Wildman–Crippen MR) is 114 cm³/mol. The smallest absolute Gasteiger partial charge is 0.266 e. The van der Waals surface area contributed by atoms with Crippen molar-refractivity contribution in [2.75, 3.05) is 5.32 Å². The van der Waals surface area contributed by atoms with E-state index in [0.29, 0.717) is 11.3 Å². The first-order chi connectivity index (χ1) is 13.9. The molecule has 2 aromatic carbocycles. The van der Waals surface area contributed by atoms with E-state index < -0.39 is 5.91 Å². The molecule has 0 aliphatic heterocycles. The average Bonchev–Trinajstić information content (AvgIpc) is 2.99. The number of carbonyl (C=O) groups excluding carboxylic acids is 2. The molecule has 0 aliphatic rings. The van der Waals surface area contributed by atoms with Gasteiger partial charge in [-0.25, -0.2) is 0 Å². The van der Waals surface area contributed by atoms with Gasteiger partial charge in [-0.15, -0.1) is 0 Å². The SMILES string of the molecule is CC(=O)c1ccc(-n2c(C)cc(/C=C(/C#N)C(=O)Nc3ccccc3)c2C)cc1. The Morgan fingerprint density at radius 1 is 1.03 bits per heavy atom. The lowest BCUT2D eigenvalue weighted by molar-refractivity contribution is -0.112. The lowest BCUT2D eigenvalue weighted by atomic mass is 10.1. The Morgan fingerprint density at radius 3 is 2.28 bits per heavy atom. The van der Waals surface area contributed by atoms with Gasteiger partial charge < -0.3 is 9.88 Å². The van der Waals surface area contributed by atoms with Crippen LogP contribution >= 0.6 is 0 Å². The molecule has 0 saturated carbocycles. The number of anilines is 1. The summed E-state index contributed by atoms with van der Waals surface area (Å²) in [6, 6.07) is 20.3. The van der Waals surface area contributed by atoms with E-state index in [0.717, 1.165) is 22.6 Å². The predicted octanol–water partition coefficient (Wildman–Crippen LogP) is 4.84. The second kappa shape index (κ2) is 8.41. The maximum Gasteiger partial charge on any atom is 0.266 e. The number of ketones is 1. The van der Waals surface area contributed by atoms with Gasteiger partial charge in [-0.2, -0.15) is 5.26 Å². The molecule has 0 aliphatic carbocycles. The summed E-state index contributed by atoms with van der Waals surface area (Å²) in [7, 11) is 0. The van der Waals surface area contributed by atoms with Crippen LogP contribution in [0.25, 0.3) is 11.8 Å². The van der Waals surface area contributed by atoms with Crippen molar-refractivity contribution in [3.63, 3.8) is 0 Å². The Bertz CT molecular complexity index is 1130. The topological polar surface area (TPSA) is 74.9 Å². The first-order valence-corrected chi connectivity index (χ1v) is 9.19. The number of amides is 1. The Kier molecular flexibility index (Phi) is 5.75. The molecule has 5 nitrogen and oxygen atoms in total. The molecule has 0 saturated heterocycles. The lowest BCUT2D eigenvalue weighted by Crippen LogP contribution is -2.13. The second-order valence-electron chi connectivity index (χ2n) is 6.75. The van der Waals surface area contributed by atoms with Gasteiger partial charge >= 0.3 is 0 Å². The third kappa shape index (κ3) is 4.33. The number of hydrogen-bond acceptors (Lipinski definition) is 3. The molecule has 144 valence electrons. The first kappa shape index (κ1) is 19.8. The first-order valence-electron chi connectivity index (χ1n) is 9.19. The number of nitrogens with one attached hydrogen (secondary N) is 1. The maximum absolute atomic E-state index is 12.5. The van der Waals surface area contributed by atoms with Crippen LogP contribution in [0.4, 0.5) is 5.69 Å². The van der Waals surface area contributed by atoms with Crippen molar-refractivity contribution in [2.45, 2.75) is 20.8 Å². The number of hydrogen-bond donors (Lipinski definition) is 1. The van der Waals surface area contributed by atoms with Crippen molar-refractivity contribution in [1.29, 1.82) is 5.26 Å². The van der Waals surface area contributed by atoms with Gasteiger partial charge in [0.15, 0.2) is 5.78 Å². The van der Waals surface area contributed by atoms with Crippen LogP contribution in [-0.4, -0.2) is 16.3 Å². The number of rotatable bonds is 5. The monoisotopic (exact) mass is 383 g/mol. The Morgan fingerprint density at radius 2 is 1.69 bits per heavy atom. The number of benzene rings is 2. The molecule has 0 unspecified atom stereocenters. The quantitative estimate of drug-likeness (QED) is 0.389. The summed E-state index contributed by atoms with van der Waals surface area (Å²) in [5, 5.41) is 12.2. The zero-order valence-corrected chi connectivity index (χ0v) is 16.6. The molecule has 0 bridgehead atoms. The molecule has 1 aromatic heterocycles. The minimum absolute atomic E-state index is 0.0178. The molecule has 0 spiro atoms. The molecule has 0 atom stereocenters. The van der Waals surface area contributed by atoms with E-state index in [1.807, 2.05) is 60.9 Å². The Labute approximate surface area is 169 Å². The highest BCUT2D eigenvalue weighted by Gasteiger charge is 2.14. The van der Waals surface area contributed by atoms with Gasteiger partial charge in [0.2, 0.25) is 0 Å². The highest BCUT2D eigenvalue weighted by molar-refractivity contribution is 6.09. The fourth-order valence-corrected chi connectivity index (χ4v) is 3.20. The van der Waals surface area contributed by atoms with Gasteiger partial charge in [-0.05, 0) is 74.9 Å². The summed E-state index contributed by atoms with van der Waals surface area (Å²) in [6.45, 7) is 5.43. The van der Waals surface area contributed by atoms with Crippen LogP contribution < -0.4 is 5.32 Å². The molecule has 0 radical (unpaired) electrons. The molecule has 1 amide bonds. The minimum atomic E-state index is -0.450. The number of carbonyl (C=O) groups is 2. The molecule has 1 heterocycles. The maximum atomic E-state index is 12.5. The van der Waals surface area contributed by atoms with Crippen LogP contribution in [0.5, 0.6) is 0 Å². The number of nitrogens with zero attached hydrogens (tertiary/aromatic N) is 2. The van der Waals surface area contributed by atoms with E-state index in [1.165, 1.54) is 6.92 Å². The van der Waals surface area contributed by atoms with E-state index in [9.17, 15) is 14.9 Å². The summed E-state index contributed by atoms with van der Waals surface area (Å²) < 4.78 is 2.03. The van der Waals surface area contributed by atoms with Crippen molar-refractivity contribution in [1.82, 2.24) is 4.57 Å². The third-order valence-electron chi connectivity index (χ3n) is 4.70. The van der Waals surface area contributed by atoms with E-state index in [2.05, 4.69) is 5.32 Å². The van der Waals surface area contributed by atoms with Crippen molar-refractivity contribution in [3.05, 3.63) is 88.8 Å². The summed E-state index contributed by atoms with van der Waals surface area (Å²) in [6.07, 6.45) is 1.60. The highest BCUT2D eigenvalue weighted by Crippen LogP contribution is 2.23. The molecule has 29 heavy (non-hydrogen) atoms. The summed E-state index contributed by atoms with van der Waals surface area (Å²) in [5.41, 5.74) is 4.88. The molecule has 5 heteroatoms. The van der Waals surface area contributed by atoms with Crippen LogP contribution in [0.1, 0.15) is 34.2 Å². The van der Waals surface area contributed by atoms with E-state index >= 15 is 0 Å². The van der Waals surface area contributed by atoms with E-state index in [1.54, 1.807) is 30.3 Å². The zero-order valence-electron chi connectivity index (χ0n) is 16.6. The van der Waals surface area contributed by atoms with E-state index in [4.69, 9.17) is 0 Å². The third-order valence-corrected chi connectivity index (χ3v) is 4.70. The van der Waals surface area contributed by atoms with Crippen molar-refractivity contribution in [3.8, 4) is 11.8 Å². The highest BCUT2D eigenvalue weighted by atomic mass is 16.1. The van der Waals surface area contributed by atoms with Gasteiger partial charge in [0.1, 0.15) is 11.6 Å². The average molecular weight is 383 g/mol. The molecular formula is C24H21N3O2. The molecule has 3 rings (SSSR count). The standard InChI is InChI=1S/C24H21N3O2/c1-16-13-20(14-21(15-25)24(29)26-22-7-5-4-6-8-22)17(2)27(16)23-11-9-19(10-12-23)18(3)28/h4-14H,1-3H3,(H,26,29)/b21-14-. The summed E-state index contributed by atoms with van der Waals surface area (Å²) in [5.74, 6) is -0.432. The number of aromatic nitrogens is 1. The van der Waals surface area contributed by atoms with Crippen LogP contribution in [0.15, 0.2) is 66.2 Å². The van der Waals surface area contributed by atoms with Crippen LogP contribution in [0.2, 0.25) is 0 Å². The number of aryl methyl sites for hydroxylation is 1. The largest absolute Gasteiger partial charge is 0.321 e. The fraction of sp³-hybridized carbons (Fsp3) is 0.125. The van der Waals surface area contributed by atoms with Gasteiger partial charge in [-0.1, -0.05) is 18.2 Å². The second-order valence-corrected chi connectivity index (χ2v) is 6.75. The lowest BCUT2D eigenvalue weighted by Gasteiger charge is -2.10. The Balaban J connectivity index is 1.93.